The first kappa shape index (κ1) is 38.4. The molecule has 0 aliphatic carbocycles. The summed E-state index contributed by atoms with van der Waals surface area (Å²) in [6.07, 6.45) is 5.67. The number of nitrogens with one attached hydrogen (secondary N) is 3. The van der Waals surface area contributed by atoms with E-state index in [1.165, 1.54) is 16.2 Å². The lowest BCUT2D eigenvalue weighted by Crippen LogP contribution is -2.54. The van der Waals surface area contributed by atoms with E-state index in [-0.39, 0.29) is 30.6 Å². The summed E-state index contributed by atoms with van der Waals surface area (Å²) in [5, 5.41) is 9.36. The lowest BCUT2D eigenvalue weighted by Gasteiger charge is -2.30. The Kier molecular flexibility index (Phi) is 15.4. The minimum absolute atomic E-state index is 0.149. The molecule has 2 aromatic carbocycles. The van der Waals surface area contributed by atoms with Crippen LogP contribution in [0.25, 0.3) is 0 Å². The molecule has 4 aromatic rings. The predicted octanol–water partition coefficient (Wildman–Crippen LogP) is 4.82. The molecule has 276 valence electrons. The fourth-order valence-electron chi connectivity index (χ4n) is 6.08. The van der Waals surface area contributed by atoms with E-state index in [0.29, 0.717) is 58.4 Å². The van der Waals surface area contributed by atoms with Crippen molar-refractivity contribution in [2.75, 3.05) is 39.9 Å². The molecule has 3 N–H and O–H groups in total. The number of rotatable bonds is 18. The van der Waals surface area contributed by atoms with Crippen LogP contribution in [0.1, 0.15) is 41.0 Å². The fraction of sp³-hybridized carbons (Fsp3) is 0.410. The first-order valence-electron chi connectivity index (χ1n) is 17.8. The maximum Gasteiger partial charge on any atom is 0.407 e. The molecule has 1 fully saturated rings. The van der Waals surface area contributed by atoms with Gasteiger partial charge in [0.25, 0.3) is 0 Å². The fourth-order valence-corrected chi connectivity index (χ4v) is 6.59. The second-order valence-corrected chi connectivity index (χ2v) is 13.9. The molecule has 1 aliphatic rings. The molecule has 1 saturated heterocycles. The zero-order valence-corrected chi connectivity index (χ0v) is 30.5. The third-order valence-corrected chi connectivity index (χ3v) is 9.69. The Morgan fingerprint density at radius 2 is 1.52 bits per heavy atom. The van der Waals surface area contributed by atoms with Gasteiger partial charge in [-0.3, -0.25) is 19.7 Å². The summed E-state index contributed by atoms with van der Waals surface area (Å²) in [7, 11) is 1.70. The normalized spacial score (nSPS) is 14.8. The summed E-state index contributed by atoms with van der Waals surface area (Å²) in [5.74, 6) is -0.245. The Hall–Kier alpha value is -4.85. The number of urea groups is 1. The van der Waals surface area contributed by atoms with Crippen molar-refractivity contribution in [2.45, 2.75) is 63.4 Å². The number of morpholine rings is 1. The maximum atomic E-state index is 14.2. The highest BCUT2D eigenvalue weighted by Gasteiger charge is 2.27. The molecule has 3 atom stereocenters. The molecule has 0 bridgehead atoms. The third-order valence-electron chi connectivity index (χ3n) is 8.93. The summed E-state index contributed by atoms with van der Waals surface area (Å²) in [6.45, 7) is 3.95. The molecule has 0 spiro atoms. The van der Waals surface area contributed by atoms with Crippen molar-refractivity contribution in [3.63, 3.8) is 0 Å². The van der Waals surface area contributed by atoms with Gasteiger partial charge in [-0.1, -0.05) is 66.7 Å². The zero-order valence-electron chi connectivity index (χ0n) is 29.7. The number of carbonyl (C=O) groups is 3. The van der Waals surface area contributed by atoms with Crippen LogP contribution < -0.4 is 16.0 Å². The van der Waals surface area contributed by atoms with E-state index in [1.54, 1.807) is 25.0 Å². The third kappa shape index (κ3) is 13.4. The average molecular weight is 728 g/mol. The van der Waals surface area contributed by atoms with Crippen LogP contribution in [0.5, 0.6) is 0 Å². The summed E-state index contributed by atoms with van der Waals surface area (Å²) in [6, 6.07) is 23.9. The molecule has 1 aliphatic heterocycles. The van der Waals surface area contributed by atoms with Crippen molar-refractivity contribution < 1.29 is 23.9 Å². The molecule has 4 amide bonds. The van der Waals surface area contributed by atoms with Crippen molar-refractivity contribution in [1.29, 1.82) is 0 Å². The van der Waals surface area contributed by atoms with Gasteiger partial charge in [0.1, 0.15) is 12.6 Å². The number of amides is 4. The van der Waals surface area contributed by atoms with E-state index >= 15 is 0 Å². The summed E-state index contributed by atoms with van der Waals surface area (Å²) in [4.78, 5) is 53.6. The minimum Gasteiger partial charge on any atom is -0.444 e. The molecule has 0 radical (unpaired) electrons. The number of hydrogen-bond donors (Lipinski definition) is 3. The largest absolute Gasteiger partial charge is 0.444 e. The maximum absolute atomic E-state index is 14.2. The lowest BCUT2D eigenvalue weighted by atomic mass is 9.95. The second kappa shape index (κ2) is 20.9. The van der Waals surface area contributed by atoms with Crippen LogP contribution in [0.3, 0.4) is 0 Å². The van der Waals surface area contributed by atoms with E-state index in [9.17, 15) is 14.4 Å². The highest BCUT2D eigenvalue weighted by Crippen LogP contribution is 2.15. The summed E-state index contributed by atoms with van der Waals surface area (Å²) in [5.41, 5.74) is 4.62. The van der Waals surface area contributed by atoms with Gasteiger partial charge in [0.2, 0.25) is 5.91 Å². The minimum atomic E-state index is -0.764. The summed E-state index contributed by atoms with van der Waals surface area (Å²) >= 11 is 1.43. The van der Waals surface area contributed by atoms with Crippen molar-refractivity contribution in [1.82, 2.24) is 35.7 Å². The Bertz CT molecular complexity index is 1630. The van der Waals surface area contributed by atoms with Crippen molar-refractivity contribution in [2.24, 2.45) is 0 Å². The molecule has 0 saturated carbocycles. The number of hydrogen-bond acceptors (Lipinski definition) is 9. The van der Waals surface area contributed by atoms with Crippen LogP contribution in [0.15, 0.2) is 96.8 Å². The van der Waals surface area contributed by atoms with E-state index in [0.717, 1.165) is 34.8 Å². The molecule has 52 heavy (non-hydrogen) atoms. The first-order chi connectivity index (χ1) is 25.4. The molecule has 2 aromatic heterocycles. The van der Waals surface area contributed by atoms with Gasteiger partial charge in [-0.2, -0.15) is 0 Å². The van der Waals surface area contributed by atoms with E-state index in [4.69, 9.17) is 9.47 Å². The number of carbonyl (C=O) groups excluding carboxylic acids is 3. The van der Waals surface area contributed by atoms with Crippen molar-refractivity contribution in [3.05, 3.63) is 118 Å². The molecule has 3 heterocycles. The van der Waals surface area contributed by atoms with Crippen LogP contribution in [0.4, 0.5) is 9.59 Å². The van der Waals surface area contributed by atoms with Gasteiger partial charge in [-0.15, -0.1) is 11.3 Å². The van der Waals surface area contributed by atoms with Crippen molar-refractivity contribution >= 4 is 29.4 Å². The van der Waals surface area contributed by atoms with Crippen molar-refractivity contribution in [3.8, 4) is 0 Å². The van der Waals surface area contributed by atoms with Gasteiger partial charge >= 0.3 is 12.1 Å². The highest BCUT2D eigenvalue weighted by atomic mass is 32.1. The van der Waals surface area contributed by atoms with Gasteiger partial charge in [0.05, 0.1) is 35.8 Å². The molecule has 5 rings (SSSR count). The molecule has 0 unspecified atom stereocenters. The smallest absolute Gasteiger partial charge is 0.407 e. The lowest BCUT2D eigenvalue weighted by molar-refractivity contribution is -0.124. The molecule has 13 heteroatoms. The van der Waals surface area contributed by atoms with Gasteiger partial charge in [-0.25, -0.2) is 9.59 Å². The van der Waals surface area contributed by atoms with Gasteiger partial charge in [0, 0.05) is 51.2 Å². The molecule has 12 nitrogen and oxygen atoms in total. The number of alkyl carbamates (subject to hydrolysis) is 1. The van der Waals surface area contributed by atoms with Gasteiger partial charge in [-0.05, 0) is 55.4 Å². The number of benzene rings is 2. The van der Waals surface area contributed by atoms with Crippen LogP contribution >= 0.6 is 11.3 Å². The van der Waals surface area contributed by atoms with E-state index in [2.05, 4.69) is 30.8 Å². The van der Waals surface area contributed by atoms with Crippen LogP contribution in [-0.4, -0.2) is 95.8 Å². The second-order valence-electron chi connectivity index (χ2n) is 13.0. The SMILES string of the molecule is CN(Cc1ccccn1)C(=O)N[C@@H](CCN1CCOCC1)C(=O)N[C@H](CC[C@H](Cc1ccccc1)NC(=O)OCc1cncs1)Cc1ccccc1. The predicted molar refractivity (Wildman–Crippen MR) is 201 cm³/mol. The number of ether oxygens (including phenoxy) is 2. The van der Waals surface area contributed by atoms with E-state index in [1.807, 2.05) is 78.9 Å². The zero-order chi connectivity index (χ0) is 36.4. The number of aromatic nitrogens is 2. The van der Waals surface area contributed by atoms with Gasteiger partial charge < -0.3 is 30.3 Å². The number of pyridine rings is 1. The first-order valence-corrected chi connectivity index (χ1v) is 18.7. The van der Waals surface area contributed by atoms with Crippen LogP contribution in [0, 0.1) is 0 Å². The number of nitrogens with zero attached hydrogens (tertiary/aromatic N) is 4. The van der Waals surface area contributed by atoms with Gasteiger partial charge in [0.15, 0.2) is 0 Å². The molecular weight excluding hydrogens is 679 g/mol. The highest BCUT2D eigenvalue weighted by molar-refractivity contribution is 7.09. The topological polar surface area (TPSA) is 138 Å². The van der Waals surface area contributed by atoms with Crippen LogP contribution in [0.2, 0.25) is 0 Å². The Morgan fingerprint density at radius 3 is 2.13 bits per heavy atom. The molecular formula is C39H49N7O5S. The Labute approximate surface area is 309 Å². The Balaban J connectivity index is 1.28. The average Bonchev–Trinajstić information content (AvgIpc) is 3.70. The Morgan fingerprint density at radius 1 is 0.865 bits per heavy atom. The quantitative estimate of drug-likeness (QED) is 0.133. The van der Waals surface area contributed by atoms with E-state index < -0.39 is 12.1 Å². The van der Waals surface area contributed by atoms with Crippen LogP contribution in [-0.2, 0) is 40.3 Å². The standard InChI is InChI=1S/C39H49N7O5S/c1-45(27-34-14-8-9-18-41-34)38(48)44-36(17-19-46-20-22-50-23-21-46)37(47)42-32(24-30-10-4-2-5-11-30)15-16-33(25-31-12-6-3-7-13-31)43-39(49)51-28-35-26-40-29-52-35/h2-14,18,26,29,32-33,36H,15-17,19-25,27-28H2,1H3,(H,42,47)(H,43,49)(H,44,48)/t32-,33-,36+/m1/s1. The summed E-state index contributed by atoms with van der Waals surface area (Å²) < 4.78 is 11.0. The monoisotopic (exact) mass is 727 g/mol. The number of thiazole rings is 1.